The Kier molecular flexibility index (Phi) is 7.06. The van der Waals surface area contributed by atoms with Crippen LogP contribution in [-0.4, -0.2) is 25.8 Å². The molecule has 1 N–H and O–H groups in total. The predicted octanol–water partition coefficient (Wildman–Crippen LogP) is 3.36. The van der Waals surface area contributed by atoms with Crippen LogP contribution in [0.15, 0.2) is 0 Å². The van der Waals surface area contributed by atoms with E-state index in [9.17, 15) is 0 Å². The SMILES string of the molecule is CCCNC(CC)C(OC)C1CCCCC1. The second-order valence-corrected chi connectivity index (χ2v) is 5.07. The van der Waals surface area contributed by atoms with E-state index in [1.54, 1.807) is 0 Å². The van der Waals surface area contributed by atoms with E-state index in [2.05, 4.69) is 19.2 Å². The van der Waals surface area contributed by atoms with E-state index in [1.807, 2.05) is 7.11 Å². The predicted molar refractivity (Wildman–Crippen MR) is 69.7 cm³/mol. The van der Waals surface area contributed by atoms with E-state index in [0.29, 0.717) is 12.1 Å². The van der Waals surface area contributed by atoms with Crippen molar-refractivity contribution >= 4 is 0 Å². The van der Waals surface area contributed by atoms with Gasteiger partial charge in [0.15, 0.2) is 0 Å². The first-order valence-corrected chi connectivity index (χ1v) is 7.09. The van der Waals surface area contributed by atoms with Crippen LogP contribution in [0.3, 0.4) is 0 Å². The minimum atomic E-state index is 0.428. The van der Waals surface area contributed by atoms with Gasteiger partial charge in [-0.15, -0.1) is 0 Å². The fourth-order valence-electron chi connectivity index (χ4n) is 2.97. The third-order valence-electron chi connectivity index (χ3n) is 3.88. The summed E-state index contributed by atoms with van der Waals surface area (Å²) in [7, 11) is 1.88. The molecule has 16 heavy (non-hydrogen) atoms. The Bertz CT molecular complexity index is 166. The lowest BCUT2D eigenvalue weighted by Gasteiger charge is -2.35. The quantitative estimate of drug-likeness (QED) is 0.720. The molecule has 0 heterocycles. The molecule has 2 atom stereocenters. The highest BCUT2D eigenvalue weighted by Gasteiger charge is 2.29. The number of rotatable bonds is 7. The van der Waals surface area contributed by atoms with E-state index in [0.717, 1.165) is 12.5 Å². The molecule has 0 bridgehead atoms. The highest BCUT2D eigenvalue weighted by atomic mass is 16.5. The molecule has 2 heteroatoms. The Labute approximate surface area is 101 Å². The van der Waals surface area contributed by atoms with Crippen molar-refractivity contribution in [1.29, 1.82) is 0 Å². The summed E-state index contributed by atoms with van der Waals surface area (Å²) in [5.41, 5.74) is 0. The topological polar surface area (TPSA) is 21.3 Å². The van der Waals surface area contributed by atoms with Gasteiger partial charge >= 0.3 is 0 Å². The van der Waals surface area contributed by atoms with Crippen LogP contribution in [0, 0.1) is 5.92 Å². The summed E-state index contributed by atoms with van der Waals surface area (Å²) >= 11 is 0. The van der Waals surface area contributed by atoms with Crippen LogP contribution < -0.4 is 5.32 Å². The zero-order valence-corrected chi connectivity index (χ0v) is 11.3. The van der Waals surface area contributed by atoms with Gasteiger partial charge in [-0.1, -0.05) is 33.1 Å². The van der Waals surface area contributed by atoms with Gasteiger partial charge in [0.05, 0.1) is 6.10 Å². The van der Waals surface area contributed by atoms with Crippen LogP contribution in [0.5, 0.6) is 0 Å². The Morgan fingerprint density at radius 3 is 2.38 bits per heavy atom. The van der Waals surface area contributed by atoms with Crippen molar-refractivity contribution < 1.29 is 4.74 Å². The van der Waals surface area contributed by atoms with Crippen LogP contribution >= 0.6 is 0 Å². The Balaban J connectivity index is 2.47. The summed E-state index contributed by atoms with van der Waals surface area (Å²) in [4.78, 5) is 0. The zero-order chi connectivity index (χ0) is 11.8. The lowest BCUT2D eigenvalue weighted by atomic mass is 9.82. The lowest BCUT2D eigenvalue weighted by molar-refractivity contribution is 0.00734. The average molecular weight is 227 g/mol. The monoisotopic (exact) mass is 227 g/mol. The molecule has 2 unspecified atom stereocenters. The van der Waals surface area contributed by atoms with Crippen molar-refractivity contribution in [3.8, 4) is 0 Å². The van der Waals surface area contributed by atoms with Gasteiger partial charge in [-0.3, -0.25) is 0 Å². The Morgan fingerprint density at radius 2 is 1.88 bits per heavy atom. The highest BCUT2D eigenvalue weighted by molar-refractivity contribution is 4.83. The number of hydrogen-bond acceptors (Lipinski definition) is 2. The summed E-state index contributed by atoms with van der Waals surface area (Å²) < 4.78 is 5.78. The minimum Gasteiger partial charge on any atom is -0.380 e. The second-order valence-electron chi connectivity index (χ2n) is 5.07. The Hall–Kier alpha value is -0.0800. The summed E-state index contributed by atoms with van der Waals surface area (Å²) in [5.74, 6) is 0.785. The normalized spacial score (nSPS) is 21.9. The molecule has 0 radical (unpaired) electrons. The molecule has 1 saturated carbocycles. The number of nitrogens with one attached hydrogen (secondary N) is 1. The molecule has 0 aromatic heterocycles. The summed E-state index contributed by atoms with van der Waals surface area (Å²) in [6, 6.07) is 0.549. The second kappa shape index (κ2) is 8.08. The molecule has 2 nitrogen and oxygen atoms in total. The summed E-state index contributed by atoms with van der Waals surface area (Å²) in [5, 5.41) is 3.64. The van der Waals surface area contributed by atoms with Crippen LogP contribution in [-0.2, 0) is 4.74 Å². The number of hydrogen-bond donors (Lipinski definition) is 1. The number of methoxy groups -OCH3 is 1. The number of ether oxygens (including phenoxy) is 1. The van der Waals surface area contributed by atoms with E-state index >= 15 is 0 Å². The zero-order valence-electron chi connectivity index (χ0n) is 11.3. The van der Waals surface area contributed by atoms with Gasteiger partial charge in [0.1, 0.15) is 0 Å². The molecule has 0 aliphatic heterocycles. The molecular weight excluding hydrogens is 198 g/mol. The van der Waals surface area contributed by atoms with Gasteiger partial charge in [-0.05, 0) is 38.1 Å². The van der Waals surface area contributed by atoms with Crippen molar-refractivity contribution in [2.45, 2.75) is 70.9 Å². The van der Waals surface area contributed by atoms with Crippen molar-refractivity contribution in [3.05, 3.63) is 0 Å². The van der Waals surface area contributed by atoms with Gasteiger partial charge in [0.25, 0.3) is 0 Å². The van der Waals surface area contributed by atoms with Gasteiger partial charge < -0.3 is 10.1 Å². The molecular formula is C14H29NO. The van der Waals surface area contributed by atoms with E-state index in [4.69, 9.17) is 4.74 Å². The largest absolute Gasteiger partial charge is 0.380 e. The first-order chi connectivity index (χ1) is 7.83. The smallest absolute Gasteiger partial charge is 0.0752 e. The highest BCUT2D eigenvalue weighted by Crippen LogP contribution is 2.29. The maximum Gasteiger partial charge on any atom is 0.0752 e. The first kappa shape index (κ1) is 14.0. The fourth-order valence-corrected chi connectivity index (χ4v) is 2.97. The fraction of sp³-hybridized carbons (Fsp3) is 1.00. The van der Waals surface area contributed by atoms with Gasteiger partial charge in [0.2, 0.25) is 0 Å². The van der Waals surface area contributed by atoms with Crippen LogP contribution in [0.4, 0.5) is 0 Å². The molecule has 0 aromatic carbocycles. The summed E-state index contributed by atoms with van der Waals surface area (Å²) in [6.45, 7) is 5.61. The molecule has 1 fully saturated rings. The molecule has 0 saturated heterocycles. The van der Waals surface area contributed by atoms with E-state index in [-0.39, 0.29) is 0 Å². The van der Waals surface area contributed by atoms with Gasteiger partial charge in [0, 0.05) is 13.2 Å². The van der Waals surface area contributed by atoms with Crippen molar-refractivity contribution in [1.82, 2.24) is 5.32 Å². The van der Waals surface area contributed by atoms with Crippen molar-refractivity contribution in [3.63, 3.8) is 0 Å². The van der Waals surface area contributed by atoms with E-state index < -0.39 is 0 Å². The Morgan fingerprint density at radius 1 is 1.19 bits per heavy atom. The average Bonchev–Trinajstić information content (AvgIpc) is 2.35. The lowest BCUT2D eigenvalue weighted by Crippen LogP contribution is -2.45. The molecule has 1 aliphatic carbocycles. The third-order valence-corrected chi connectivity index (χ3v) is 3.88. The first-order valence-electron chi connectivity index (χ1n) is 7.09. The van der Waals surface area contributed by atoms with Crippen LogP contribution in [0.2, 0.25) is 0 Å². The van der Waals surface area contributed by atoms with Crippen molar-refractivity contribution in [2.75, 3.05) is 13.7 Å². The molecule has 0 aromatic rings. The maximum atomic E-state index is 5.78. The molecule has 96 valence electrons. The van der Waals surface area contributed by atoms with Gasteiger partial charge in [-0.2, -0.15) is 0 Å². The van der Waals surface area contributed by atoms with Gasteiger partial charge in [-0.25, -0.2) is 0 Å². The van der Waals surface area contributed by atoms with Crippen molar-refractivity contribution in [2.24, 2.45) is 5.92 Å². The molecule has 0 amide bonds. The van der Waals surface area contributed by atoms with Crippen LogP contribution in [0.1, 0.15) is 58.8 Å². The minimum absolute atomic E-state index is 0.428. The third kappa shape index (κ3) is 4.06. The maximum absolute atomic E-state index is 5.78. The van der Waals surface area contributed by atoms with E-state index in [1.165, 1.54) is 44.9 Å². The standard InChI is InChI=1S/C14H29NO/c1-4-11-15-13(5-2)14(16-3)12-9-7-6-8-10-12/h12-15H,4-11H2,1-3H3. The summed E-state index contributed by atoms with van der Waals surface area (Å²) in [6.07, 6.45) is 9.75. The molecule has 1 rings (SSSR count). The van der Waals surface area contributed by atoms with Crippen LogP contribution in [0.25, 0.3) is 0 Å². The molecule has 1 aliphatic rings. The molecule has 0 spiro atoms.